The van der Waals surface area contributed by atoms with Crippen molar-refractivity contribution in [2.75, 3.05) is 19.8 Å². The predicted molar refractivity (Wildman–Crippen MR) is 76.7 cm³/mol. The molecule has 0 amide bonds. The topological polar surface area (TPSA) is 21.3 Å². The lowest BCUT2D eigenvalue weighted by molar-refractivity contribution is 0.0527. The molecule has 0 radical (unpaired) electrons. The molecule has 0 bridgehead atoms. The normalized spacial score (nSPS) is 33.8. The lowest BCUT2D eigenvalue weighted by Gasteiger charge is -2.32. The van der Waals surface area contributed by atoms with Crippen LogP contribution in [-0.2, 0) is 4.74 Å². The van der Waals surface area contributed by atoms with E-state index in [0.717, 1.165) is 37.0 Å². The number of hydrogen-bond acceptors (Lipinski definition) is 2. The molecule has 0 spiro atoms. The third-order valence-corrected chi connectivity index (χ3v) is 4.54. The van der Waals surface area contributed by atoms with Gasteiger partial charge in [0, 0.05) is 19.2 Å². The summed E-state index contributed by atoms with van der Waals surface area (Å²) in [4.78, 5) is 0. The zero-order chi connectivity index (χ0) is 12.8. The second-order valence-electron chi connectivity index (χ2n) is 6.85. The minimum Gasteiger partial charge on any atom is -0.381 e. The summed E-state index contributed by atoms with van der Waals surface area (Å²) < 4.78 is 5.56. The zero-order valence-electron chi connectivity index (χ0n) is 12.3. The van der Waals surface area contributed by atoms with E-state index in [0.29, 0.717) is 0 Å². The van der Waals surface area contributed by atoms with Crippen molar-refractivity contribution in [1.82, 2.24) is 5.32 Å². The molecule has 0 aromatic rings. The molecular formula is C16H31NO. The van der Waals surface area contributed by atoms with Crippen LogP contribution in [0, 0.1) is 17.8 Å². The van der Waals surface area contributed by atoms with Gasteiger partial charge in [0.25, 0.3) is 0 Å². The molecule has 2 fully saturated rings. The van der Waals surface area contributed by atoms with E-state index in [1.165, 1.54) is 51.5 Å². The van der Waals surface area contributed by atoms with Crippen LogP contribution in [0.15, 0.2) is 0 Å². The Hall–Kier alpha value is -0.0800. The maximum absolute atomic E-state index is 5.56. The Morgan fingerprint density at radius 1 is 1.11 bits per heavy atom. The van der Waals surface area contributed by atoms with E-state index < -0.39 is 0 Å². The van der Waals surface area contributed by atoms with Crippen LogP contribution in [0.3, 0.4) is 0 Å². The summed E-state index contributed by atoms with van der Waals surface area (Å²) >= 11 is 0. The first-order valence-corrected chi connectivity index (χ1v) is 8.05. The van der Waals surface area contributed by atoms with Crippen molar-refractivity contribution >= 4 is 0 Å². The third-order valence-electron chi connectivity index (χ3n) is 4.54. The predicted octanol–water partition coefficient (Wildman–Crippen LogP) is 3.61. The van der Waals surface area contributed by atoms with Gasteiger partial charge >= 0.3 is 0 Å². The van der Waals surface area contributed by atoms with Gasteiger partial charge in [-0.25, -0.2) is 0 Å². The average molecular weight is 253 g/mol. The van der Waals surface area contributed by atoms with Gasteiger partial charge in [0.2, 0.25) is 0 Å². The quantitative estimate of drug-likeness (QED) is 0.808. The van der Waals surface area contributed by atoms with Crippen LogP contribution in [0.5, 0.6) is 0 Å². The molecule has 2 nitrogen and oxygen atoms in total. The van der Waals surface area contributed by atoms with Crippen LogP contribution in [0.4, 0.5) is 0 Å². The Balaban J connectivity index is 1.65. The van der Waals surface area contributed by atoms with Crippen LogP contribution < -0.4 is 5.32 Å². The van der Waals surface area contributed by atoms with E-state index in [4.69, 9.17) is 4.74 Å². The van der Waals surface area contributed by atoms with E-state index in [9.17, 15) is 0 Å². The second-order valence-corrected chi connectivity index (χ2v) is 6.85. The molecule has 106 valence electrons. The Morgan fingerprint density at radius 3 is 2.67 bits per heavy atom. The summed E-state index contributed by atoms with van der Waals surface area (Å²) in [5, 5.41) is 3.81. The van der Waals surface area contributed by atoms with Gasteiger partial charge in [-0.1, -0.05) is 26.7 Å². The first kappa shape index (κ1) is 14.3. The van der Waals surface area contributed by atoms with Crippen molar-refractivity contribution in [3.05, 3.63) is 0 Å². The Kier molecular flexibility index (Phi) is 5.97. The molecule has 2 aliphatic rings. The van der Waals surface area contributed by atoms with E-state index in [2.05, 4.69) is 19.2 Å². The van der Waals surface area contributed by atoms with Crippen LogP contribution in [0.25, 0.3) is 0 Å². The van der Waals surface area contributed by atoms with Crippen LogP contribution in [0.2, 0.25) is 0 Å². The lowest BCUT2D eigenvalue weighted by Crippen LogP contribution is -2.39. The molecule has 1 aliphatic heterocycles. The van der Waals surface area contributed by atoms with Gasteiger partial charge in [0.1, 0.15) is 0 Å². The fourth-order valence-electron chi connectivity index (χ4n) is 3.66. The minimum atomic E-state index is 0.768. The van der Waals surface area contributed by atoms with Crippen LogP contribution >= 0.6 is 0 Å². The molecule has 1 saturated carbocycles. The molecule has 1 saturated heterocycles. The van der Waals surface area contributed by atoms with Crippen molar-refractivity contribution in [3.63, 3.8) is 0 Å². The van der Waals surface area contributed by atoms with Gasteiger partial charge in [-0.3, -0.25) is 0 Å². The summed E-state index contributed by atoms with van der Waals surface area (Å²) in [6.45, 7) is 7.86. The zero-order valence-corrected chi connectivity index (χ0v) is 12.3. The van der Waals surface area contributed by atoms with Gasteiger partial charge in [-0.2, -0.15) is 0 Å². The largest absolute Gasteiger partial charge is 0.381 e. The van der Waals surface area contributed by atoms with Crippen molar-refractivity contribution in [3.8, 4) is 0 Å². The smallest absolute Gasteiger partial charge is 0.0506 e. The van der Waals surface area contributed by atoms with Crippen molar-refractivity contribution in [2.45, 2.75) is 64.8 Å². The highest BCUT2D eigenvalue weighted by atomic mass is 16.5. The summed E-state index contributed by atoms with van der Waals surface area (Å²) in [6, 6.07) is 0.782. The molecule has 3 unspecified atom stereocenters. The first-order valence-electron chi connectivity index (χ1n) is 8.05. The molecule has 1 heterocycles. The summed E-state index contributed by atoms with van der Waals surface area (Å²) in [5.41, 5.74) is 0. The maximum atomic E-state index is 5.56. The molecule has 3 atom stereocenters. The van der Waals surface area contributed by atoms with Gasteiger partial charge in [0.15, 0.2) is 0 Å². The number of nitrogens with one attached hydrogen (secondary N) is 1. The second kappa shape index (κ2) is 7.49. The highest BCUT2D eigenvalue weighted by molar-refractivity contribution is 4.80. The molecule has 1 aliphatic carbocycles. The maximum Gasteiger partial charge on any atom is 0.0506 e. The van der Waals surface area contributed by atoms with Crippen LogP contribution in [0.1, 0.15) is 58.8 Å². The van der Waals surface area contributed by atoms with Crippen LogP contribution in [-0.4, -0.2) is 25.8 Å². The van der Waals surface area contributed by atoms with E-state index in [-0.39, 0.29) is 0 Å². The average Bonchev–Trinajstić information content (AvgIpc) is 2.37. The summed E-state index contributed by atoms with van der Waals surface area (Å²) in [6.07, 6.45) is 9.72. The molecule has 18 heavy (non-hydrogen) atoms. The van der Waals surface area contributed by atoms with Crippen molar-refractivity contribution < 1.29 is 4.74 Å². The van der Waals surface area contributed by atoms with E-state index in [1.54, 1.807) is 0 Å². The van der Waals surface area contributed by atoms with Gasteiger partial charge in [-0.05, 0) is 49.9 Å². The SMILES string of the molecule is CC(C)CC1CCCC(NCC2CCCOC2)C1. The van der Waals surface area contributed by atoms with Gasteiger partial charge in [0.05, 0.1) is 6.61 Å². The molecule has 1 N–H and O–H groups in total. The first-order chi connectivity index (χ1) is 8.74. The van der Waals surface area contributed by atoms with Gasteiger partial charge < -0.3 is 10.1 Å². The van der Waals surface area contributed by atoms with E-state index in [1.807, 2.05) is 0 Å². The summed E-state index contributed by atoms with van der Waals surface area (Å²) in [7, 11) is 0. The molecule has 2 heteroatoms. The fraction of sp³-hybridized carbons (Fsp3) is 1.00. The highest BCUT2D eigenvalue weighted by Crippen LogP contribution is 2.29. The Bertz CT molecular complexity index is 223. The molecule has 2 rings (SSSR count). The minimum absolute atomic E-state index is 0.768. The number of ether oxygens (including phenoxy) is 1. The number of hydrogen-bond donors (Lipinski definition) is 1. The fourth-order valence-corrected chi connectivity index (χ4v) is 3.66. The van der Waals surface area contributed by atoms with Crippen molar-refractivity contribution in [2.24, 2.45) is 17.8 Å². The number of rotatable bonds is 5. The third kappa shape index (κ3) is 4.89. The van der Waals surface area contributed by atoms with Gasteiger partial charge in [-0.15, -0.1) is 0 Å². The molecule has 0 aromatic heterocycles. The molecular weight excluding hydrogens is 222 g/mol. The summed E-state index contributed by atoms with van der Waals surface area (Å²) in [5.74, 6) is 2.60. The molecule has 0 aromatic carbocycles. The monoisotopic (exact) mass is 253 g/mol. The standard InChI is InChI=1S/C16H31NO/c1-13(2)9-14-5-3-7-16(10-14)17-11-15-6-4-8-18-12-15/h13-17H,3-12H2,1-2H3. The van der Waals surface area contributed by atoms with Crippen molar-refractivity contribution in [1.29, 1.82) is 0 Å². The highest BCUT2D eigenvalue weighted by Gasteiger charge is 2.23. The Morgan fingerprint density at radius 2 is 1.94 bits per heavy atom. The lowest BCUT2D eigenvalue weighted by atomic mass is 9.81. The van der Waals surface area contributed by atoms with E-state index >= 15 is 0 Å². The Labute approximate surface area is 113 Å².